The largest absolute Gasteiger partial charge is 0.343 e. The molecule has 2 atom stereocenters. The van der Waals surface area contributed by atoms with Crippen molar-refractivity contribution in [2.45, 2.75) is 37.6 Å². The van der Waals surface area contributed by atoms with Gasteiger partial charge < -0.3 is 10.2 Å². The highest BCUT2D eigenvalue weighted by Gasteiger charge is 2.32. The van der Waals surface area contributed by atoms with Gasteiger partial charge in [0.25, 0.3) is 0 Å². The molecule has 5 heteroatoms. The van der Waals surface area contributed by atoms with Gasteiger partial charge in [-0.3, -0.25) is 4.79 Å². The average Bonchev–Trinajstić information content (AvgIpc) is 3.13. The minimum absolute atomic E-state index is 0.204. The van der Waals surface area contributed by atoms with Crippen LogP contribution in [0.4, 0.5) is 0 Å². The molecule has 0 unspecified atom stereocenters. The van der Waals surface area contributed by atoms with Crippen molar-refractivity contribution in [3.05, 3.63) is 33.8 Å². The van der Waals surface area contributed by atoms with Crippen molar-refractivity contribution in [1.29, 1.82) is 0 Å². The van der Waals surface area contributed by atoms with Crippen LogP contribution in [0.1, 0.15) is 37.2 Å². The number of rotatable bonds is 3. The van der Waals surface area contributed by atoms with Crippen LogP contribution in [-0.4, -0.2) is 36.5 Å². The van der Waals surface area contributed by atoms with Gasteiger partial charge in [-0.05, 0) is 43.5 Å². The third-order valence-electron chi connectivity index (χ3n) is 4.57. The summed E-state index contributed by atoms with van der Waals surface area (Å²) >= 11 is 12.1. The lowest BCUT2D eigenvalue weighted by atomic mass is 9.90. The van der Waals surface area contributed by atoms with Gasteiger partial charge in [0.1, 0.15) is 0 Å². The Bertz CT molecular complexity index is 529. The van der Waals surface area contributed by atoms with Crippen molar-refractivity contribution in [2.24, 2.45) is 0 Å². The van der Waals surface area contributed by atoms with E-state index in [2.05, 4.69) is 5.32 Å². The predicted octanol–water partition coefficient (Wildman–Crippen LogP) is 3.45. The molecule has 21 heavy (non-hydrogen) atoms. The molecule has 2 fully saturated rings. The first-order valence-corrected chi connectivity index (χ1v) is 8.37. The van der Waals surface area contributed by atoms with E-state index in [1.165, 1.54) is 5.56 Å². The van der Waals surface area contributed by atoms with Crippen LogP contribution in [-0.2, 0) is 4.79 Å². The van der Waals surface area contributed by atoms with E-state index in [4.69, 9.17) is 23.2 Å². The summed E-state index contributed by atoms with van der Waals surface area (Å²) in [7, 11) is 0. The van der Waals surface area contributed by atoms with Gasteiger partial charge in [0, 0.05) is 31.5 Å². The Morgan fingerprint density at radius 3 is 2.71 bits per heavy atom. The van der Waals surface area contributed by atoms with Gasteiger partial charge in [0.2, 0.25) is 5.91 Å². The molecular weight excluding hydrogens is 307 g/mol. The summed E-state index contributed by atoms with van der Waals surface area (Å²) in [6.45, 7) is 2.79. The van der Waals surface area contributed by atoms with Gasteiger partial charge in [-0.2, -0.15) is 0 Å². The molecule has 1 aromatic rings. The van der Waals surface area contributed by atoms with E-state index in [1.54, 1.807) is 0 Å². The predicted molar refractivity (Wildman–Crippen MR) is 86.0 cm³/mol. The SMILES string of the molecule is O=C(C[C@@H]1NCC[C@@H]1c1ccc(Cl)c(Cl)c1)N1CCCC1. The number of carbonyl (C=O) groups is 1. The van der Waals surface area contributed by atoms with Gasteiger partial charge >= 0.3 is 0 Å². The second-order valence-corrected chi connectivity index (χ2v) is 6.74. The number of carbonyl (C=O) groups excluding carboxylic acids is 1. The van der Waals surface area contributed by atoms with Gasteiger partial charge in [0.05, 0.1) is 10.0 Å². The van der Waals surface area contributed by atoms with E-state index in [0.29, 0.717) is 22.4 Å². The van der Waals surface area contributed by atoms with Crippen molar-refractivity contribution in [2.75, 3.05) is 19.6 Å². The highest BCUT2D eigenvalue weighted by Crippen LogP contribution is 2.33. The summed E-state index contributed by atoms with van der Waals surface area (Å²) in [5.74, 6) is 0.614. The van der Waals surface area contributed by atoms with E-state index >= 15 is 0 Å². The summed E-state index contributed by atoms with van der Waals surface area (Å²) in [6, 6.07) is 6.01. The zero-order valence-corrected chi connectivity index (χ0v) is 13.5. The lowest BCUT2D eigenvalue weighted by molar-refractivity contribution is -0.130. The Morgan fingerprint density at radius 2 is 2.00 bits per heavy atom. The van der Waals surface area contributed by atoms with Crippen molar-refractivity contribution < 1.29 is 4.79 Å². The summed E-state index contributed by atoms with van der Waals surface area (Å²) < 4.78 is 0. The molecule has 1 amide bonds. The first-order valence-electron chi connectivity index (χ1n) is 7.61. The van der Waals surface area contributed by atoms with Gasteiger partial charge in [-0.1, -0.05) is 29.3 Å². The van der Waals surface area contributed by atoms with Crippen molar-refractivity contribution in [3.8, 4) is 0 Å². The number of nitrogens with one attached hydrogen (secondary N) is 1. The molecule has 1 aromatic carbocycles. The number of hydrogen-bond donors (Lipinski definition) is 1. The number of likely N-dealkylation sites (tertiary alicyclic amines) is 1. The second kappa shape index (κ2) is 6.55. The number of benzene rings is 1. The second-order valence-electron chi connectivity index (χ2n) is 5.92. The van der Waals surface area contributed by atoms with Crippen LogP contribution < -0.4 is 5.32 Å². The van der Waals surface area contributed by atoms with E-state index in [-0.39, 0.29) is 11.9 Å². The molecule has 2 aliphatic rings. The minimum Gasteiger partial charge on any atom is -0.343 e. The third-order valence-corrected chi connectivity index (χ3v) is 5.31. The lowest BCUT2D eigenvalue weighted by Crippen LogP contribution is -2.36. The molecule has 3 nitrogen and oxygen atoms in total. The van der Waals surface area contributed by atoms with Gasteiger partial charge in [0.15, 0.2) is 0 Å². The van der Waals surface area contributed by atoms with Gasteiger partial charge in [-0.15, -0.1) is 0 Å². The smallest absolute Gasteiger partial charge is 0.224 e. The fraction of sp³-hybridized carbons (Fsp3) is 0.562. The Hall–Kier alpha value is -0.770. The summed E-state index contributed by atoms with van der Waals surface area (Å²) in [5, 5.41) is 4.64. The maximum atomic E-state index is 12.3. The highest BCUT2D eigenvalue weighted by atomic mass is 35.5. The standard InChI is InChI=1S/C16H20Cl2N2O/c17-13-4-3-11(9-14(13)18)12-5-6-19-15(12)10-16(21)20-7-1-2-8-20/h3-4,9,12,15,19H,1-2,5-8,10H2/t12-,15+/m1/s1. The average molecular weight is 327 g/mol. The normalized spacial score (nSPS) is 25.5. The monoisotopic (exact) mass is 326 g/mol. The van der Waals surface area contributed by atoms with Crippen molar-refractivity contribution >= 4 is 29.1 Å². The number of halogens is 2. The van der Waals surface area contributed by atoms with Crippen LogP contribution in [0.5, 0.6) is 0 Å². The molecule has 1 N–H and O–H groups in total. The Kier molecular flexibility index (Phi) is 4.72. The minimum atomic E-state index is 0.204. The van der Waals surface area contributed by atoms with Crippen LogP contribution >= 0.6 is 23.2 Å². The molecule has 0 saturated carbocycles. The van der Waals surface area contributed by atoms with Crippen LogP contribution in [0.15, 0.2) is 18.2 Å². The Balaban J connectivity index is 1.69. The first-order chi connectivity index (χ1) is 10.1. The summed E-state index contributed by atoms with van der Waals surface area (Å²) in [5.41, 5.74) is 1.17. The maximum Gasteiger partial charge on any atom is 0.224 e. The zero-order valence-electron chi connectivity index (χ0n) is 11.9. The molecule has 2 saturated heterocycles. The first kappa shape index (κ1) is 15.1. The van der Waals surface area contributed by atoms with Crippen LogP contribution in [0.25, 0.3) is 0 Å². The fourth-order valence-corrected chi connectivity index (χ4v) is 3.71. The quantitative estimate of drug-likeness (QED) is 0.922. The van der Waals surface area contributed by atoms with Crippen molar-refractivity contribution in [3.63, 3.8) is 0 Å². The zero-order chi connectivity index (χ0) is 14.8. The highest BCUT2D eigenvalue weighted by molar-refractivity contribution is 6.42. The molecule has 0 spiro atoms. The van der Waals surface area contributed by atoms with Crippen LogP contribution in [0, 0.1) is 0 Å². The molecule has 114 valence electrons. The topological polar surface area (TPSA) is 32.3 Å². The Morgan fingerprint density at radius 1 is 1.24 bits per heavy atom. The molecule has 0 bridgehead atoms. The van der Waals surface area contributed by atoms with E-state index in [0.717, 1.165) is 38.9 Å². The van der Waals surface area contributed by atoms with Crippen LogP contribution in [0.2, 0.25) is 10.0 Å². The lowest BCUT2D eigenvalue weighted by Gasteiger charge is -2.23. The number of amides is 1. The fourth-order valence-electron chi connectivity index (χ4n) is 3.41. The molecule has 0 aliphatic carbocycles. The maximum absolute atomic E-state index is 12.3. The van der Waals surface area contributed by atoms with E-state index in [9.17, 15) is 4.79 Å². The molecular formula is C16H20Cl2N2O. The molecule has 2 aliphatic heterocycles. The van der Waals surface area contributed by atoms with Crippen molar-refractivity contribution in [1.82, 2.24) is 10.2 Å². The number of nitrogens with zero attached hydrogens (tertiary/aromatic N) is 1. The molecule has 3 rings (SSSR count). The molecule has 0 radical (unpaired) electrons. The molecule has 2 heterocycles. The van der Waals surface area contributed by atoms with Crippen LogP contribution in [0.3, 0.4) is 0 Å². The summed E-state index contributed by atoms with van der Waals surface area (Å²) in [6.07, 6.45) is 3.89. The molecule has 0 aromatic heterocycles. The number of hydrogen-bond acceptors (Lipinski definition) is 2. The summed E-state index contributed by atoms with van der Waals surface area (Å²) in [4.78, 5) is 14.3. The Labute approximate surface area is 135 Å². The third kappa shape index (κ3) is 3.36. The van der Waals surface area contributed by atoms with Gasteiger partial charge in [-0.25, -0.2) is 0 Å². The van der Waals surface area contributed by atoms with E-state index < -0.39 is 0 Å². The van der Waals surface area contributed by atoms with E-state index in [1.807, 2.05) is 23.1 Å².